The Bertz CT molecular complexity index is 798. The van der Waals surface area contributed by atoms with E-state index >= 15 is 0 Å². The van der Waals surface area contributed by atoms with Gasteiger partial charge in [0.2, 0.25) is 0 Å². The normalized spacial score (nSPS) is 32.0. The Morgan fingerprint density at radius 2 is 2.16 bits per heavy atom. The maximum atomic E-state index is 6.54. The van der Waals surface area contributed by atoms with Crippen molar-refractivity contribution >= 4 is 25.9 Å². The minimum atomic E-state index is -1.88. The first-order chi connectivity index (χ1) is 12.2. The number of aromatic nitrogens is 1. The van der Waals surface area contributed by atoms with Gasteiger partial charge >= 0.3 is 15.0 Å². The molecular weight excluding hydrogens is 327 g/mol. The van der Waals surface area contributed by atoms with Crippen molar-refractivity contribution in [1.82, 2.24) is 8.87 Å². The highest BCUT2D eigenvalue weighted by Crippen LogP contribution is 2.44. The van der Waals surface area contributed by atoms with Crippen LogP contribution in [0.2, 0.25) is 0 Å². The second kappa shape index (κ2) is 6.25. The van der Waals surface area contributed by atoms with E-state index in [1.165, 1.54) is 36.6 Å². The summed E-state index contributed by atoms with van der Waals surface area (Å²) in [7, 11) is 0. The molecule has 4 unspecified atom stereocenters. The van der Waals surface area contributed by atoms with Gasteiger partial charge in [0.15, 0.2) is 0 Å². The number of aryl methyl sites for hydroxylation is 1. The lowest BCUT2D eigenvalue weighted by Gasteiger charge is -2.45. The molecule has 0 bridgehead atoms. The lowest BCUT2D eigenvalue weighted by Crippen LogP contribution is -2.54. The molecule has 2 aliphatic heterocycles. The van der Waals surface area contributed by atoms with Gasteiger partial charge in [-0.15, -0.1) is 0 Å². The van der Waals surface area contributed by atoms with Crippen LogP contribution in [-0.2, 0) is 3.79 Å². The largest absolute Gasteiger partial charge is 0.897 e. The molecule has 5 rings (SSSR count). The third-order valence-electron chi connectivity index (χ3n) is 6.54. The standard InChI is InChI=1S/C10H17NO.C10H9NO.Al/c2*1-7-5-6-11-10-8(7)3-2-4-9(10)12;/h7-10H,2-6H2,1H3;2-6,12H,1H3;/q-2;;+3/p-1. The van der Waals surface area contributed by atoms with Crippen molar-refractivity contribution < 1.29 is 7.58 Å². The molecule has 1 saturated carbocycles. The molecule has 5 heteroatoms. The van der Waals surface area contributed by atoms with E-state index in [0.29, 0.717) is 12.1 Å². The van der Waals surface area contributed by atoms with Crippen LogP contribution >= 0.6 is 0 Å². The quantitative estimate of drug-likeness (QED) is 0.770. The van der Waals surface area contributed by atoms with Crippen LogP contribution in [0.5, 0.6) is 5.75 Å². The molecule has 3 aliphatic rings. The summed E-state index contributed by atoms with van der Waals surface area (Å²) in [5.41, 5.74) is 2.21. The van der Waals surface area contributed by atoms with Gasteiger partial charge in [0.05, 0.1) is 0 Å². The predicted molar refractivity (Wildman–Crippen MR) is 99.4 cm³/mol. The smallest absolute Gasteiger partial charge is 0.607 e. The summed E-state index contributed by atoms with van der Waals surface area (Å²) in [6.07, 6.45) is 7.41. The highest BCUT2D eigenvalue weighted by atomic mass is 27.2. The predicted octanol–water partition coefficient (Wildman–Crippen LogP) is 3.82. The molecule has 4 nitrogen and oxygen atoms in total. The topological polar surface area (TPSA) is 34.6 Å². The van der Waals surface area contributed by atoms with Gasteiger partial charge in [-0.25, -0.2) is 0 Å². The molecule has 0 spiro atoms. The van der Waals surface area contributed by atoms with Crippen LogP contribution in [0.15, 0.2) is 30.5 Å². The number of piperidine rings is 1. The zero-order chi connectivity index (χ0) is 17.0. The lowest BCUT2D eigenvalue weighted by atomic mass is 9.72. The molecule has 2 aromatic rings. The third kappa shape index (κ3) is 2.61. The summed E-state index contributed by atoms with van der Waals surface area (Å²) in [5, 5.41) is 1.18. The Morgan fingerprint density at radius 3 is 3.08 bits per heavy atom. The van der Waals surface area contributed by atoms with Gasteiger partial charge in [-0.2, -0.15) is 0 Å². The van der Waals surface area contributed by atoms with Crippen LogP contribution in [-0.4, -0.2) is 42.6 Å². The molecule has 1 aromatic carbocycles. The highest BCUT2D eigenvalue weighted by molar-refractivity contribution is 6.43. The summed E-state index contributed by atoms with van der Waals surface area (Å²) in [5.74, 6) is 2.51. The van der Waals surface area contributed by atoms with Gasteiger partial charge in [-0.3, -0.25) is 4.98 Å². The van der Waals surface area contributed by atoms with E-state index in [9.17, 15) is 0 Å². The van der Waals surface area contributed by atoms with E-state index in [2.05, 4.69) is 47.0 Å². The molecule has 4 atom stereocenters. The van der Waals surface area contributed by atoms with Gasteiger partial charge in [-0.1, -0.05) is 25.5 Å². The molecule has 0 amide bonds. The summed E-state index contributed by atoms with van der Waals surface area (Å²) in [4.78, 5) is 4.59. The van der Waals surface area contributed by atoms with Crippen LogP contribution < -0.4 is 3.79 Å². The van der Waals surface area contributed by atoms with E-state index in [1.807, 2.05) is 6.20 Å². The third-order valence-corrected chi connectivity index (χ3v) is 8.73. The number of para-hydroxylation sites is 1. The van der Waals surface area contributed by atoms with E-state index < -0.39 is 15.0 Å². The SMILES string of the molecule is Cc1ccnc2c([O][Al]3[O]C4CCCC5C(C)CC[N]3C45)cccc12. The molecule has 1 aliphatic carbocycles. The maximum absolute atomic E-state index is 6.54. The summed E-state index contributed by atoms with van der Waals surface area (Å²) in [6.45, 7) is 5.69. The minimum Gasteiger partial charge on any atom is -0.607 e. The number of fused-ring (bicyclic) bond motifs is 1. The maximum Gasteiger partial charge on any atom is 0.897 e. The van der Waals surface area contributed by atoms with Crippen LogP contribution in [0, 0.1) is 18.8 Å². The second-order valence-electron chi connectivity index (χ2n) is 7.97. The van der Waals surface area contributed by atoms with Crippen molar-refractivity contribution in [3.8, 4) is 5.75 Å². The van der Waals surface area contributed by atoms with Crippen molar-refractivity contribution in [3.05, 3.63) is 36.0 Å². The van der Waals surface area contributed by atoms with E-state index in [1.54, 1.807) is 0 Å². The molecule has 1 aromatic heterocycles. The lowest BCUT2D eigenvalue weighted by molar-refractivity contribution is 0.0417. The molecule has 3 heterocycles. The van der Waals surface area contributed by atoms with Crippen molar-refractivity contribution in [1.29, 1.82) is 0 Å². The van der Waals surface area contributed by atoms with Gasteiger partial charge in [0, 0.05) is 23.7 Å². The molecule has 3 fully saturated rings. The summed E-state index contributed by atoms with van der Waals surface area (Å²) < 4.78 is 15.7. The molecule has 0 radical (unpaired) electrons. The van der Waals surface area contributed by atoms with E-state index in [4.69, 9.17) is 7.58 Å². The van der Waals surface area contributed by atoms with Crippen molar-refractivity contribution in [3.63, 3.8) is 0 Å². The van der Waals surface area contributed by atoms with Gasteiger partial charge in [0.25, 0.3) is 0 Å². The van der Waals surface area contributed by atoms with E-state index in [-0.39, 0.29) is 0 Å². The highest BCUT2D eigenvalue weighted by Gasteiger charge is 2.59. The number of hydrogen-bond donors (Lipinski definition) is 0. The summed E-state index contributed by atoms with van der Waals surface area (Å²) in [6, 6.07) is 8.90. The number of hydrogen-bond acceptors (Lipinski definition) is 4. The molecule has 25 heavy (non-hydrogen) atoms. The molecule has 2 saturated heterocycles. The van der Waals surface area contributed by atoms with Gasteiger partial charge in [0.1, 0.15) is 11.3 Å². The van der Waals surface area contributed by atoms with E-state index in [0.717, 1.165) is 29.6 Å². The van der Waals surface area contributed by atoms with Crippen LogP contribution in [0.3, 0.4) is 0 Å². The Morgan fingerprint density at radius 1 is 1.24 bits per heavy atom. The van der Waals surface area contributed by atoms with Crippen molar-refractivity contribution in [2.75, 3.05) is 6.54 Å². The van der Waals surface area contributed by atoms with Crippen LogP contribution in [0.4, 0.5) is 0 Å². The van der Waals surface area contributed by atoms with Gasteiger partial charge < -0.3 is 11.5 Å². The fourth-order valence-electron chi connectivity index (χ4n) is 5.18. The molecular formula is C20H25AlN2O2. The first-order valence-electron chi connectivity index (χ1n) is 9.64. The Hall–Kier alpha value is -1.12. The molecule has 0 N–H and O–H groups in total. The zero-order valence-corrected chi connectivity index (χ0v) is 16.2. The summed E-state index contributed by atoms with van der Waals surface area (Å²) >= 11 is -1.88. The fraction of sp³-hybridized carbons (Fsp3) is 0.550. The fourth-order valence-corrected chi connectivity index (χ4v) is 7.58. The first-order valence-corrected chi connectivity index (χ1v) is 11.1. The average Bonchev–Trinajstić information content (AvgIpc) is 2.98. The number of rotatable bonds is 2. The van der Waals surface area contributed by atoms with Crippen molar-refractivity contribution in [2.24, 2.45) is 11.8 Å². The Kier molecular flexibility index (Phi) is 4.02. The number of pyridine rings is 1. The average molecular weight is 352 g/mol. The first kappa shape index (κ1) is 16.1. The monoisotopic (exact) mass is 352 g/mol. The van der Waals surface area contributed by atoms with Crippen LogP contribution in [0.1, 0.15) is 38.2 Å². The Labute approximate surface area is 154 Å². The number of nitrogens with zero attached hydrogens (tertiary/aromatic N) is 2. The second-order valence-corrected chi connectivity index (χ2v) is 9.75. The van der Waals surface area contributed by atoms with Gasteiger partial charge in [-0.05, 0) is 62.3 Å². The zero-order valence-electron chi connectivity index (χ0n) is 15.0. The number of benzene rings is 1. The molecule has 130 valence electrons. The minimum absolute atomic E-state index is 0.392. The van der Waals surface area contributed by atoms with Crippen LogP contribution in [0.25, 0.3) is 10.9 Å². The Balaban J connectivity index is 1.47. The van der Waals surface area contributed by atoms with Crippen molar-refractivity contribution in [2.45, 2.75) is 51.7 Å².